The molecular weight excluding hydrogens is 222 g/mol. The summed E-state index contributed by atoms with van der Waals surface area (Å²) >= 11 is 0. The van der Waals surface area contributed by atoms with Crippen molar-refractivity contribution >= 4 is 11.7 Å². The predicted molar refractivity (Wildman–Crippen MR) is 64.1 cm³/mol. The standard InChI is InChI=1S/C12H17NO4/c1-12(15,11(14)17-3)8-13-9-4-6-10(16-2)7-5-9/h4-7,13,15H,8H2,1-3H3. The summed E-state index contributed by atoms with van der Waals surface area (Å²) in [6, 6.07) is 7.17. The normalized spacial score (nSPS) is 13.6. The van der Waals surface area contributed by atoms with Gasteiger partial charge in [0.2, 0.25) is 0 Å². The molecule has 0 aliphatic carbocycles. The molecule has 2 N–H and O–H groups in total. The third kappa shape index (κ3) is 3.64. The maximum Gasteiger partial charge on any atom is 0.339 e. The first-order valence-electron chi connectivity index (χ1n) is 5.18. The van der Waals surface area contributed by atoms with Gasteiger partial charge in [-0.1, -0.05) is 0 Å². The van der Waals surface area contributed by atoms with Gasteiger partial charge in [-0.25, -0.2) is 4.79 Å². The van der Waals surface area contributed by atoms with Crippen LogP contribution < -0.4 is 10.1 Å². The number of aliphatic hydroxyl groups is 1. The Hall–Kier alpha value is -1.75. The highest BCUT2D eigenvalue weighted by atomic mass is 16.5. The van der Waals surface area contributed by atoms with Gasteiger partial charge in [0.25, 0.3) is 0 Å². The lowest BCUT2D eigenvalue weighted by Gasteiger charge is -2.21. The molecule has 0 radical (unpaired) electrons. The molecule has 94 valence electrons. The van der Waals surface area contributed by atoms with Crippen LogP contribution >= 0.6 is 0 Å². The van der Waals surface area contributed by atoms with Crippen molar-refractivity contribution in [2.24, 2.45) is 0 Å². The third-order valence-corrected chi connectivity index (χ3v) is 2.35. The van der Waals surface area contributed by atoms with Gasteiger partial charge in [-0.3, -0.25) is 0 Å². The van der Waals surface area contributed by atoms with Crippen LogP contribution in [0, 0.1) is 0 Å². The molecule has 0 amide bonds. The molecule has 1 unspecified atom stereocenters. The quantitative estimate of drug-likeness (QED) is 0.751. The van der Waals surface area contributed by atoms with E-state index in [4.69, 9.17) is 4.74 Å². The van der Waals surface area contributed by atoms with E-state index in [9.17, 15) is 9.90 Å². The number of nitrogens with one attached hydrogen (secondary N) is 1. The first kappa shape index (κ1) is 13.3. The van der Waals surface area contributed by atoms with Gasteiger partial charge in [-0.05, 0) is 31.2 Å². The maximum absolute atomic E-state index is 11.2. The van der Waals surface area contributed by atoms with Gasteiger partial charge in [-0.2, -0.15) is 0 Å². The summed E-state index contributed by atoms with van der Waals surface area (Å²) in [4.78, 5) is 11.2. The van der Waals surface area contributed by atoms with Crippen molar-refractivity contribution in [2.45, 2.75) is 12.5 Å². The van der Waals surface area contributed by atoms with E-state index in [0.29, 0.717) is 0 Å². The van der Waals surface area contributed by atoms with Crippen LogP contribution in [0.1, 0.15) is 6.92 Å². The second-order valence-corrected chi connectivity index (χ2v) is 3.85. The number of esters is 1. The third-order valence-electron chi connectivity index (χ3n) is 2.35. The smallest absolute Gasteiger partial charge is 0.339 e. The van der Waals surface area contributed by atoms with Crippen molar-refractivity contribution < 1.29 is 19.4 Å². The first-order valence-corrected chi connectivity index (χ1v) is 5.18. The molecule has 0 spiro atoms. The lowest BCUT2D eigenvalue weighted by atomic mass is 10.1. The summed E-state index contributed by atoms with van der Waals surface area (Å²) in [6.45, 7) is 1.47. The molecular formula is C12H17NO4. The van der Waals surface area contributed by atoms with Crippen LogP contribution in [0.4, 0.5) is 5.69 Å². The fourth-order valence-corrected chi connectivity index (χ4v) is 1.28. The Morgan fingerprint density at radius 1 is 1.35 bits per heavy atom. The lowest BCUT2D eigenvalue weighted by Crippen LogP contribution is -2.42. The maximum atomic E-state index is 11.2. The van der Waals surface area contributed by atoms with Gasteiger partial charge in [0.05, 0.1) is 20.8 Å². The Kier molecular flexibility index (Phi) is 4.34. The molecule has 1 atom stereocenters. The molecule has 17 heavy (non-hydrogen) atoms. The average molecular weight is 239 g/mol. The monoisotopic (exact) mass is 239 g/mol. The zero-order chi connectivity index (χ0) is 12.9. The molecule has 0 aliphatic rings. The van der Waals surface area contributed by atoms with Crippen LogP contribution in [0.2, 0.25) is 0 Å². The van der Waals surface area contributed by atoms with Crippen LogP contribution in [0.25, 0.3) is 0 Å². The van der Waals surface area contributed by atoms with E-state index in [0.717, 1.165) is 11.4 Å². The minimum atomic E-state index is -1.55. The summed E-state index contributed by atoms with van der Waals surface area (Å²) in [7, 11) is 2.83. The van der Waals surface area contributed by atoms with Gasteiger partial charge >= 0.3 is 5.97 Å². The van der Waals surface area contributed by atoms with Crippen molar-refractivity contribution in [3.05, 3.63) is 24.3 Å². The summed E-state index contributed by atoms with van der Waals surface area (Å²) in [6.07, 6.45) is 0. The Morgan fingerprint density at radius 3 is 2.41 bits per heavy atom. The molecule has 0 aromatic heterocycles. The van der Waals surface area contributed by atoms with Crippen LogP contribution in [-0.2, 0) is 9.53 Å². The molecule has 0 heterocycles. The molecule has 1 rings (SSSR count). The largest absolute Gasteiger partial charge is 0.497 e. The molecule has 0 saturated heterocycles. The summed E-state index contributed by atoms with van der Waals surface area (Å²) in [5, 5.41) is 12.7. The molecule has 0 aliphatic heterocycles. The highest BCUT2D eigenvalue weighted by Gasteiger charge is 2.30. The van der Waals surface area contributed by atoms with Gasteiger partial charge in [0, 0.05) is 5.69 Å². The Labute approximate surface area is 100 Å². The zero-order valence-electron chi connectivity index (χ0n) is 10.2. The fourth-order valence-electron chi connectivity index (χ4n) is 1.28. The Morgan fingerprint density at radius 2 is 1.94 bits per heavy atom. The van der Waals surface area contributed by atoms with Crippen LogP contribution in [0.3, 0.4) is 0 Å². The topological polar surface area (TPSA) is 67.8 Å². The number of anilines is 1. The molecule has 0 bridgehead atoms. The highest BCUT2D eigenvalue weighted by molar-refractivity contribution is 5.79. The average Bonchev–Trinajstić information content (AvgIpc) is 2.36. The van der Waals surface area contributed by atoms with Crippen molar-refractivity contribution in [3.63, 3.8) is 0 Å². The fraction of sp³-hybridized carbons (Fsp3) is 0.417. The Bertz CT molecular complexity index is 373. The number of carbonyl (C=O) groups excluding carboxylic acids is 1. The second-order valence-electron chi connectivity index (χ2n) is 3.85. The van der Waals surface area contributed by atoms with E-state index in [1.165, 1.54) is 14.0 Å². The van der Waals surface area contributed by atoms with E-state index in [1.54, 1.807) is 31.4 Å². The summed E-state index contributed by atoms with van der Waals surface area (Å²) < 4.78 is 9.51. The lowest BCUT2D eigenvalue weighted by molar-refractivity contribution is -0.158. The van der Waals surface area contributed by atoms with Crippen molar-refractivity contribution in [1.82, 2.24) is 0 Å². The minimum absolute atomic E-state index is 0.0754. The summed E-state index contributed by atoms with van der Waals surface area (Å²) in [5.74, 6) is 0.0776. The molecule has 1 aromatic carbocycles. The van der Waals surface area contributed by atoms with E-state index in [-0.39, 0.29) is 6.54 Å². The molecule has 1 aromatic rings. The number of hydrogen-bond acceptors (Lipinski definition) is 5. The number of carbonyl (C=O) groups is 1. The zero-order valence-corrected chi connectivity index (χ0v) is 10.2. The van der Waals surface area contributed by atoms with Gasteiger partial charge in [-0.15, -0.1) is 0 Å². The molecule has 0 fully saturated rings. The number of rotatable bonds is 5. The van der Waals surface area contributed by atoms with E-state index in [1.807, 2.05) is 0 Å². The van der Waals surface area contributed by atoms with Gasteiger partial charge in [0.15, 0.2) is 5.60 Å². The van der Waals surface area contributed by atoms with E-state index >= 15 is 0 Å². The minimum Gasteiger partial charge on any atom is -0.497 e. The van der Waals surface area contributed by atoms with Gasteiger partial charge in [0.1, 0.15) is 5.75 Å². The van der Waals surface area contributed by atoms with E-state index < -0.39 is 11.6 Å². The highest BCUT2D eigenvalue weighted by Crippen LogP contribution is 2.16. The van der Waals surface area contributed by atoms with Gasteiger partial charge < -0.3 is 19.9 Å². The number of benzene rings is 1. The number of ether oxygens (including phenoxy) is 2. The van der Waals surface area contributed by atoms with Crippen LogP contribution in [0.5, 0.6) is 5.75 Å². The second kappa shape index (κ2) is 5.54. The first-order chi connectivity index (χ1) is 7.99. The van der Waals surface area contributed by atoms with Crippen molar-refractivity contribution in [1.29, 1.82) is 0 Å². The molecule has 5 nitrogen and oxygen atoms in total. The van der Waals surface area contributed by atoms with Crippen molar-refractivity contribution in [2.75, 3.05) is 26.1 Å². The number of methoxy groups -OCH3 is 2. The molecule has 5 heteroatoms. The van der Waals surface area contributed by atoms with E-state index in [2.05, 4.69) is 10.1 Å². The van der Waals surface area contributed by atoms with Crippen LogP contribution in [0.15, 0.2) is 24.3 Å². The predicted octanol–water partition coefficient (Wildman–Crippen LogP) is 1.03. The Balaban J connectivity index is 2.57. The van der Waals surface area contributed by atoms with Crippen molar-refractivity contribution in [3.8, 4) is 5.75 Å². The summed E-state index contributed by atoms with van der Waals surface area (Å²) in [5.41, 5.74) is -0.760. The molecule has 0 saturated carbocycles. The van der Waals surface area contributed by atoms with Crippen LogP contribution in [-0.4, -0.2) is 37.4 Å². The SMILES string of the molecule is COC(=O)C(C)(O)CNc1ccc(OC)cc1. The number of hydrogen-bond donors (Lipinski definition) is 2.